The zero-order valence-electron chi connectivity index (χ0n) is 12.7. The average molecular weight is 289 g/mol. The summed E-state index contributed by atoms with van der Waals surface area (Å²) < 4.78 is 0. The van der Waals surface area contributed by atoms with Gasteiger partial charge < -0.3 is 5.32 Å². The van der Waals surface area contributed by atoms with Crippen LogP contribution in [-0.4, -0.2) is 23.3 Å². The minimum absolute atomic E-state index is 0.117. The molecule has 0 saturated carbocycles. The molecule has 0 atom stereocenters. The molecule has 108 valence electrons. The van der Waals surface area contributed by atoms with Crippen LogP contribution in [-0.2, 0) is 11.8 Å². The predicted octanol–water partition coefficient (Wildman–Crippen LogP) is 3.65. The molecule has 3 nitrogen and oxygen atoms in total. The summed E-state index contributed by atoms with van der Waals surface area (Å²) in [6, 6.07) is 8.51. The van der Waals surface area contributed by atoms with Crippen molar-refractivity contribution in [3.8, 4) is 10.6 Å². The summed E-state index contributed by atoms with van der Waals surface area (Å²) in [4.78, 5) is 0. The normalized spacial score (nSPS) is 11.8. The molecular formula is C16H23N3S. The van der Waals surface area contributed by atoms with Crippen LogP contribution < -0.4 is 5.32 Å². The topological polar surface area (TPSA) is 37.8 Å². The molecule has 0 amide bonds. The fourth-order valence-electron chi connectivity index (χ4n) is 2.16. The third kappa shape index (κ3) is 3.64. The third-order valence-corrected chi connectivity index (χ3v) is 4.21. The van der Waals surface area contributed by atoms with Crippen molar-refractivity contribution >= 4 is 11.3 Å². The van der Waals surface area contributed by atoms with Crippen molar-refractivity contribution < 1.29 is 0 Å². The van der Waals surface area contributed by atoms with Crippen molar-refractivity contribution in [2.45, 2.75) is 39.5 Å². The molecule has 20 heavy (non-hydrogen) atoms. The monoisotopic (exact) mass is 289 g/mol. The summed E-state index contributed by atoms with van der Waals surface area (Å²) in [6.07, 6.45) is 0.948. The molecule has 2 aromatic rings. The Morgan fingerprint density at radius 2 is 1.90 bits per heavy atom. The third-order valence-electron chi connectivity index (χ3n) is 3.20. The molecule has 0 aliphatic heterocycles. The summed E-state index contributed by atoms with van der Waals surface area (Å²) in [5, 5.41) is 14.1. The molecule has 2 rings (SSSR count). The molecule has 1 aromatic heterocycles. The predicted molar refractivity (Wildman–Crippen MR) is 86.3 cm³/mol. The number of likely N-dealkylation sites (N-methyl/N-ethyl adjacent to an activating group) is 1. The molecule has 1 aromatic carbocycles. The average Bonchev–Trinajstić information content (AvgIpc) is 2.87. The van der Waals surface area contributed by atoms with E-state index in [-0.39, 0.29) is 5.41 Å². The molecule has 0 spiro atoms. The molecule has 1 N–H and O–H groups in total. The second kappa shape index (κ2) is 6.46. The van der Waals surface area contributed by atoms with Gasteiger partial charge in [0.2, 0.25) is 0 Å². The molecule has 1 heterocycles. The van der Waals surface area contributed by atoms with Crippen LogP contribution in [0.5, 0.6) is 0 Å². The summed E-state index contributed by atoms with van der Waals surface area (Å²) in [5.41, 5.74) is 2.66. The Morgan fingerprint density at radius 1 is 1.15 bits per heavy atom. The fraction of sp³-hybridized carbons (Fsp3) is 0.500. The van der Waals surface area contributed by atoms with Gasteiger partial charge in [-0.05, 0) is 17.5 Å². The number of nitrogens with one attached hydrogen (secondary N) is 1. The van der Waals surface area contributed by atoms with Gasteiger partial charge >= 0.3 is 0 Å². The van der Waals surface area contributed by atoms with E-state index < -0.39 is 0 Å². The van der Waals surface area contributed by atoms with Gasteiger partial charge in [0.15, 0.2) is 0 Å². The molecule has 0 aliphatic rings. The van der Waals surface area contributed by atoms with Crippen molar-refractivity contribution in [1.29, 1.82) is 0 Å². The summed E-state index contributed by atoms with van der Waals surface area (Å²) >= 11 is 1.70. The molecule has 0 aliphatic carbocycles. The zero-order valence-corrected chi connectivity index (χ0v) is 13.5. The van der Waals surface area contributed by atoms with Crippen LogP contribution in [0.15, 0.2) is 24.3 Å². The number of benzene rings is 1. The smallest absolute Gasteiger partial charge is 0.148 e. The van der Waals surface area contributed by atoms with E-state index in [1.54, 1.807) is 11.3 Å². The molecule has 4 heteroatoms. The first-order chi connectivity index (χ1) is 9.52. The van der Waals surface area contributed by atoms with E-state index in [2.05, 4.69) is 67.5 Å². The maximum Gasteiger partial charge on any atom is 0.148 e. The highest BCUT2D eigenvalue weighted by molar-refractivity contribution is 7.14. The van der Waals surface area contributed by atoms with Gasteiger partial charge in [0.05, 0.1) is 0 Å². The maximum absolute atomic E-state index is 4.38. The van der Waals surface area contributed by atoms with E-state index in [0.29, 0.717) is 0 Å². The van der Waals surface area contributed by atoms with Crippen molar-refractivity contribution in [2.24, 2.45) is 0 Å². The Labute approximate surface area is 125 Å². The van der Waals surface area contributed by atoms with E-state index in [0.717, 1.165) is 29.5 Å². The van der Waals surface area contributed by atoms with E-state index in [9.17, 15) is 0 Å². The van der Waals surface area contributed by atoms with Crippen LogP contribution in [0.1, 0.15) is 38.3 Å². The maximum atomic E-state index is 4.38. The molecule has 0 fully saturated rings. The summed E-state index contributed by atoms with van der Waals surface area (Å²) in [6.45, 7) is 10.8. The second-order valence-electron chi connectivity index (χ2n) is 5.90. The summed E-state index contributed by atoms with van der Waals surface area (Å²) in [5.74, 6) is 0. The molecule has 0 saturated heterocycles. The Bertz CT molecular complexity index is 555. The van der Waals surface area contributed by atoms with Crippen molar-refractivity contribution in [3.05, 3.63) is 34.8 Å². The van der Waals surface area contributed by atoms with Crippen LogP contribution in [0.2, 0.25) is 0 Å². The van der Waals surface area contributed by atoms with Crippen LogP contribution in [0.3, 0.4) is 0 Å². The largest absolute Gasteiger partial charge is 0.317 e. The van der Waals surface area contributed by atoms with Crippen LogP contribution in [0, 0.1) is 0 Å². The molecule has 0 bridgehead atoms. The van der Waals surface area contributed by atoms with Gasteiger partial charge in [-0.3, -0.25) is 0 Å². The van der Waals surface area contributed by atoms with Gasteiger partial charge in [-0.1, -0.05) is 63.3 Å². The Morgan fingerprint density at radius 3 is 2.60 bits per heavy atom. The van der Waals surface area contributed by atoms with E-state index in [1.165, 1.54) is 11.1 Å². The number of nitrogens with zero attached hydrogens (tertiary/aromatic N) is 2. The first kappa shape index (κ1) is 15.1. The van der Waals surface area contributed by atoms with Crippen molar-refractivity contribution in [3.63, 3.8) is 0 Å². The van der Waals surface area contributed by atoms with E-state index >= 15 is 0 Å². The lowest BCUT2D eigenvalue weighted by molar-refractivity contribution is 0.592. The minimum Gasteiger partial charge on any atom is -0.317 e. The second-order valence-corrected chi connectivity index (χ2v) is 6.96. The number of hydrogen-bond acceptors (Lipinski definition) is 4. The SMILES string of the molecule is CCNCCc1nnc(-c2ccccc2C(C)(C)C)s1. The van der Waals surface area contributed by atoms with Gasteiger partial charge in [-0.15, -0.1) is 10.2 Å². The highest BCUT2D eigenvalue weighted by Crippen LogP contribution is 2.34. The van der Waals surface area contributed by atoms with Crippen LogP contribution >= 0.6 is 11.3 Å². The Hall–Kier alpha value is -1.26. The standard InChI is InChI=1S/C16H23N3S/c1-5-17-11-10-14-18-19-15(20-14)12-8-6-7-9-13(12)16(2,3)4/h6-9,17H,5,10-11H2,1-4H3. The zero-order chi connectivity index (χ0) is 14.6. The highest BCUT2D eigenvalue weighted by atomic mass is 32.1. The molecule has 0 unspecified atom stereocenters. The number of rotatable bonds is 5. The first-order valence-electron chi connectivity index (χ1n) is 7.15. The van der Waals surface area contributed by atoms with Crippen molar-refractivity contribution in [1.82, 2.24) is 15.5 Å². The van der Waals surface area contributed by atoms with E-state index in [4.69, 9.17) is 0 Å². The van der Waals surface area contributed by atoms with Gasteiger partial charge in [0.1, 0.15) is 10.0 Å². The lowest BCUT2D eigenvalue weighted by Gasteiger charge is -2.21. The number of aromatic nitrogens is 2. The number of hydrogen-bond donors (Lipinski definition) is 1. The minimum atomic E-state index is 0.117. The quantitative estimate of drug-likeness (QED) is 0.854. The van der Waals surface area contributed by atoms with E-state index in [1.807, 2.05) is 0 Å². The lowest BCUT2D eigenvalue weighted by Crippen LogP contribution is -2.15. The fourth-order valence-corrected chi connectivity index (χ4v) is 3.04. The van der Waals surface area contributed by atoms with Crippen molar-refractivity contribution in [2.75, 3.05) is 13.1 Å². The molecular weight excluding hydrogens is 266 g/mol. The van der Waals surface area contributed by atoms with Crippen LogP contribution in [0.25, 0.3) is 10.6 Å². The molecule has 0 radical (unpaired) electrons. The van der Waals surface area contributed by atoms with Gasteiger partial charge in [0.25, 0.3) is 0 Å². The lowest BCUT2D eigenvalue weighted by atomic mass is 9.84. The Kier molecular flexibility index (Phi) is 4.89. The summed E-state index contributed by atoms with van der Waals surface area (Å²) in [7, 11) is 0. The Balaban J connectivity index is 2.24. The van der Waals surface area contributed by atoms with Crippen LogP contribution in [0.4, 0.5) is 0 Å². The van der Waals surface area contributed by atoms with Gasteiger partial charge in [0, 0.05) is 18.5 Å². The highest BCUT2D eigenvalue weighted by Gasteiger charge is 2.20. The van der Waals surface area contributed by atoms with Gasteiger partial charge in [-0.25, -0.2) is 0 Å². The van der Waals surface area contributed by atoms with Gasteiger partial charge in [-0.2, -0.15) is 0 Å². The first-order valence-corrected chi connectivity index (χ1v) is 7.97.